The highest BCUT2D eigenvalue weighted by atomic mass is 14.9. The molecule has 0 saturated carbocycles. The number of rotatable bonds is 32. The van der Waals surface area contributed by atoms with Crippen LogP contribution in [0.25, 0.3) is 88.1 Å². The van der Waals surface area contributed by atoms with E-state index in [1.807, 2.05) is 0 Å². The summed E-state index contributed by atoms with van der Waals surface area (Å²) in [4.78, 5) is 11.6. The van der Waals surface area contributed by atoms with Crippen molar-refractivity contribution >= 4 is 43.1 Å². The Bertz CT molecular complexity index is 3430. The minimum atomic E-state index is 0.819. The summed E-state index contributed by atoms with van der Waals surface area (Å²) >= 11 is 0. The first kappa shape index (κ1) is 58.5. The highest BCUT2D eigenvalue weighted by molar-refractivity contribution is 6.09. The van der Waals surface area contributed by atoms with E-state index in [4.69, 9.17) is 9.97 Å². The fourth-order valence-electron chi connectivity index (χ4n) is 12.9. The molecule has 2 heteroatoms. The van der Waals surface area contributed by atoms with E-state index in [2.05, 4.69) is 175 Å². The Balaban J connectivity index is 1.25. The van der Waals surface area contributed by atoms with Gasteiger partial charge in [-0.3, -0.25) is 0 Å². The number of hydrogen-bond acceptors (Lipinski definition) is 2. The Labute approximate surface area is 483 Å². The van der Waals surface area contributed by atoms with Gasteiger partial charge >= 0.3 is 0 Å². The lowest BCUT2D eigenvalue weighted by Crippen LogP contribution is -2.04. The van der Waals surface area contributed by atoms with Crippen LogP contribution in [0.15, 0.2) is 133 Å². The van der Waals surface area contributed by atoms with Gasteiger partial charge in [0.05, 0.1) is 11.4 Å². The first-order valence-corrected chi connectivity index (χ1v) is 32.4. The van der Waals surface area contributed by atoms with E-state index >= 15 is 0 Å². The highest BCUT2D eigenvalue weighted by Gasteiger charge is 2.21. The van der Waals surface area contributed by atoms with E-state index in [0.29, 0.717) is 0 Å². The van der Waals surface area contributed by atoms with Crippen LogP contribution >= 0.6 is 0 Å². The van der Waals surface area contributed by atoms with Gasteiger partial charge in [0.2, 0.25) is 0 Å². The Hall–Kier alpha value is -6.12. The number of hydrogen-bond donors (Lipinski definition) is 0. The molecule has 0 aliphatic rings. The molecule has 0 aliphatic carbocycles. The van der Waals surface area contributed by atoms with Gasteiger partial charge in [-0.15, -0.1) is 0 Å². The second-order valence-electron chi connectivity index (χ2n) is 24.0. The zero-order valence-corrected chi connectivity index (χ0v) is 50.4. The van der Waals surface area contributed by atoms with Crippen molar-refractivity contribution in [2.45, 2.75) is 221 Å². The van der Waals surface area contributed by atoms with Gasteiger partial charge in [-0.2, -0.15) is 0 Å². The van der Waals surface area contributed by atoms with E-state index in [1.165, 1.54) is 246 Å². The van der Waals surface area contributed by atoms with E-state index < -0.39 is 0 Å². The molecule has 1 aromatic heterocycles. The zero-order chi connectivity index (χ0) is 55.5. The maximum atomic E-state index is 5.83. The third-order valence-corrected chi connectivity index (χ3v) is 17.8. The summed E-state index contributed by atoms with van der Waals surface area (Å²) in [5.41, 5.74) is 17.1. The Morgan fingerprint density at radius 1 is 0.275 bits per heavy atom. The molecular formula is C78H96N2. The largest absolute Gasteiger partial charge is 0.228 e. The normalized spacial score (nSPS) is 11.8. The second kappa shape index (κ2) is 30.1. The van der Waals surface area contributed by atoms with E-state index in [9.17, 15) is 0 Å². The molecule has 0 atom stereocenters. The van der Waals surface area contributed by atoms with Crippen molar-refractivity contribution in [1.82, 2.24) is 9.97 Å². The smallest absolute Gasteiger partial charge is 0.160 e. The van der Waals surface area contributed by atoms with Gasteiger partial charge in [0.15, 0.2) is 5.82 Å². The van der Waals surface area contributed by atoms with Gasteiger partial charge in [-0.05, 0) is 189 Å². The molecule has 8 aromatic carbocycles. The molecule has 80 heavy (non-hydrogen) atoms. The first-order chi connectivity index (χ1) is 39.4. The fourth-order valence-corrected chi connectivity index (χ4v) is 12.9. The SMILES string of the molecule is CCCCCCCCc1cc(-c2cc(-c3cc(CCCCCCCC)c(-c4cccc5cc6c(C)cccc6cc45)cc3CCCCCCCC)nc(-c3ccc4ccc5ccccc5c4c3)n2)c(CCCCCCCC)cc1C. The number of aromatic nitrogens is 2. The van der Waals surface area contributed by atoms with Crippen LogP contribution in [-0.2, 0) is 25.7 Å². The van der Waals surface area contributed by atoms with Crippen molar-refractivity contribution in [2.75, 3.05) is 0 Å². The average Bonchev–Trinajstić information content (AvgIpc) is 3.50. The number of fused-ring (bicyclic) bond motifs is 5. The van der Waals surface area contributed by atoms with Crippen LogP contribution in [0.5, 0.6) is 0 Å². The molecule has 0 spiro atoms. The van der Waals surface area contributed by atoms with Crippen LogP contribution in [-0.4, -0.2) is 9.97 Å². The van der Waals surface area contributed by atoms with Crippen molar-refractivity contribution < 1.29 is 0 Å². The summed E-state index contributed by atoms with van der Waals surface area (Å²) in [6.07, 6.45) is 35.0. The quantitative estimate of drug-likeness (QED) is 0.0239. The van der Waals surface area contributed by atoms with Crippen molar-refractivity contribution in [3.8, 4) is 45.0 Å². The van der Waals surface area contributed by atoms with Gasteiger partial charge in [0.25, 0.3) is 0 Å². The van der Waals surface area contributed by atoms with Crippen molar-refractivity contribution in [2.24, 2.45) is 0 Å². The van der Waals surface area contributed by atoms with Gasteiger partial charge in [-0.1, -0.05) is 253 Å². The van der Waals surface area contributed by atoms with Crippen molar-refractivity contribution in [1.29, 1.82) is 0 Å². The first-order valence-electron chi connectivity index (χ1n) is 32.4. The standard InChI is InChI=1S/C78H96N2/c1-7-11-15-19-23-27-37-61-50-74(62(49-58(61)6)38-28-24-20-16-12-8-2)76-56-77(80-78(79-76)67-48-47-60-46-45-59-36-31-32-43-68(59)71(60)55-67)75-54-64(39-29-25-21-17-13-9-3)73(53-66(75)40-30-26-22-18-14-10-4)69-44-34-42-65-51-70-57(5)35-33-41-63(70)52-72(65)69/h31-36,41-56H,7-30,37-40H2,1-6H3. The summed E-state index contributed by atoms with van der Waals surface area (Å²) in [6.45, 7) is 13.9. The molecule has 0 N–H and O–H groups in total. The van der Waals surface area contributed by atoms with Crippen molar-refractivity contribution in [3.63, 3.8) is 0 Å². The maximum Gasteiger partial charge on any atom is 0.160 e. The predicted octanol–water partition coefficient (Wildman–Crippen LogP) is 24.0. The molecule has 0 unspecified atom stereocenters. The summed E-state index contributed by atoms with van der Waals surface area (Å²) in [5, 5.41) is 10.4. The number of nitrogens with zero attached hydrogens (tertiary/aromatic N) is 2. The van der Waals surface area contributed by atoms with E-state index in [-0.39, 0.29) is 0 Å². The van der Waals surface area contributed by atoms with E-state index in [1.54, 1.807) is 0 Å². The van der Waals surface area contributed by atoms with Gasteiger partial charge in [0.1, 0.15) is 0 Å². The lowest BCUT2D eigenvalue weighted by Gasteiger charge is -2.20. The monoisotopic (exact) mass is 1060 g/mol. The molecule has 418 valence electrons. The van der Waals surface area contributed by atoms with Gasteiger partial charge in [0, 0.05) is 16.7 Å². The number of aryl methyl sites for hydroxylation is 6. The minimum absolute atomic E-state index is 0.819. The highest BCUT2D eigenvalue weighted by Crippen LogP contribution is 2.41. The second-order valence-corrected chi connectivity index (χ2v) is 24.0. The Kier molecular flexibility index (Phi) is 22.0. The van der Waals surface area contributed by atoms with Crippen LogP contribution in [0, 0.1) is 13.8 Å². The lowest BCUT2D eigenvalue weighted by atomic mass is 9.85. The summed E-state index contributed by atoms with van der Waals surface area (Å²) < 4.78 is 0. The Morgan fingerprint density at radius 3 is 1.31 bits per heavy atom. The molecule has 0 amide bonds. The van der Waals surface area contributed by atoms with Crippen LogP contribution in [0.3, 0.4) is 0 Å². The Morgan fingerprint density at radius 2 is 0.713 bits per heavy atom. The van der Waals surface area contributed by atoms with E-state index in [0.717, 1.165) is 54.9 Å². The molecule has 0 radical (unpaired) electrons. The molecule has 0 bridgehead atoms. The molecule has 2 nitrogen and oxygen atoms in total. The molecule has 0 aliphatic heterocycles. The van der Waals surface area contributed by atoms with Crippen LogP contribution < -0.4 is 0 Å². The predicted molar refractivity (Wildman–Crippen MR) is 352 cm³/mol. The molecule has 9 aromatic rings. The third kappa shape index (κ3) is 15.1. The topological polar surface area (TPSA) is 25.8 Å². The van der Waals surface area contributed by atoms with Crippen molar-refractivity contribution in [3.05, 3.63) is 167 Å². The minimum Gasteiger partial charge on any atom is -0.228 e. The third-order valence-electron chi connectivity index (χ3n) is 17.8. The molecule has 0 fully saturated rings. The lowest BCUT2D eigenvalue weighted by molar-refractivity contribution is 0.605. The molecular weight excluding hydrogens is 965 g/mol. The fraction of sp³-hybridized carbons (Fsp3) is 0.436. The average molecular weight is 1060 g/mol. The summed E-state index contributed by atoms with van der Waals surface area (Å²) in [5.74, 6) is 0.819. The van der Waals surface area contributed by atoms with Crippen LogP contribution in [0.1, 0.15) is 215 Å². The summed E-state index contributed by atoms with van der Waals surface area (Å²) in [6, 6.07) is 51.9. The molecule has 9 rings (SSSR count). The van der Waals surface area contributed by atoms with Gasteiger partial charge in [-0.25, -0.2) is 9.97 Å². The number of unbranched alkanes of at least 4 members (excludes halogenated alkanes) is 20. The maximum absolute atomic E-state index is 5.83. The summed E-state index contributed by atoms with van der Waals surface area (Å²) in [7, 11) is 0. The van der Waals surface area contributed by atoms with Crippen LogP contribution in [0.2, 0.25) is 0 Å². The van der Waals surface area contributed by atoms with Crippen LogP contribution in [0.4, 0.5) is 0 Å². The molecule has 1 heterocycles. The molecule has 0 saturated heterocycles. The van der Waals surface area contributed by atoms with Gasteiger partial charge < -0.3 is 0 Å². The zero-order valence-electron chi connectivity index (χ0n) is 50.4. The number of benzene rings is 8.